The van der Waals surface area contributed by atoms with Crippen molar-refractivity contribution in [3.8, 4) is 11.4 Å². The number of fused-ring (bicyclic) bond motifs is 2. The number of para-hydroxylation sites is 1. The van der Waals surface area contributed by atoms with Crippen molar-refractivity contribution in [3.63, 3.8) is 0 Å². The Labute approximate surface area is 260 Å². The van der Waals surface area contributed by atoms with E-state index in [9.17, 15) is 27.3 Å². The second kappa shape index (κ2) is 11.9. The summed E-state index contributed by atoms with van der Waals surface area (Å²) in [5.41, 5.74) is 0.290. The Kier molecular flexibility index (Phi) is 7.99. The van der Waals surface area contributed by atoms with Gasteiger partial charge in [-0.3, -0.25) is 14.2 Å². The van der Waals surface area contributed by atoms with Crippen LogP contribution in [0.5, 0.6) is 5.75 Å². The van der Waals surface area contributed by atoms with Gasteiger partial charge in [0.1, 0.15) is 34.3 Å². The highest BCUT2D eigenvalue weighted by Crippen LogP contribution is 2.36. The molecule has 0 radical (unpaired) electrons. The van der Waals surface area contributed by atoms with Gasteiger partial charge >= 0.3 is 6.36 Å². The molecule has 0 aliphatic heterocycles. The molecular formula is C31H21ClF3N5O4S. The van der Waals surface area contributed by atoms with Crippen molar-refractivity contribution in [2.75, 3.05) is 5.32 Å². The first kappa shape index (κ1) is 30.2. The van der Waals surface area contributed by atoms with Gasteiger partial charge in [-0.1, -0.05) is 41.9 Å². The Hall–Kier alpha value is -4.85. The second-order valence-corrected chi connectivity index (χ2v) is 11.6. The second-order valence-electron chi connectivity index (χ2n) is 9.80. The summed E-state index contributed by atoms with van der Waals surface area (Å²) in [6.45, 7) is 1.75. The number of nitrogens with one attached hydrogen (secondary N) is 2. The van der Waals surface area contributed by atoms with Gasteiger partial charge in [-0.15, -0.1) is 13.2 Å². The molecule has 0 spiro atoms. The maximum Gasteiger partial charge on any atom is 0.573 e. The highest BCUT2D eigenvalue weighted by atomic mass is 35.5. The molecule has 0 fully saturated rings. The maximum absolute atomic E-state index is 14.4. The summed E-state index contributed by atoms with van der Waals surface area (Å²) in [4.78, 5) is 38.7. The minimum atomic E-state index is -4.88. The number of nitrogens with zero attached hydrogens (tertiary/aromatic N) is 3. The van der Waals surface area contributed by atoms with E-state index in [1.165, 1.54) is 41.4 Å². The number of H-pyrrole nitrogens is 1. The van der Waals surface area contributed by atoms with E-state index in [1.807, 2.05) is 0 Å². The molecule has 45 heavy (non-hydrogen) atoms. The summed E-state index contributed by atoms with van der Waals surface area (Å²) in [6.07, 6.45) is -2.11. The first-order valence-electron chi connectivity index (χ1n) is 13.3. The zero-order chi connectivity index (χ0) is 31.9. The fraction of sp³-hybridized carbons (Fsp3) is 0.0968. The molecule has 3 heterocycles. The molecule has 0 aliphatic rings. The molecule has 0 bridgehead atoms. The first-order chi connectivity index (χ1) is 21.5. The number of ether oxygens (including phenoxy) is 1. The van der Waals surface area contributed by atoms with Crippen molar-refractivity contribution >= 4 is 50.4 Å². The Morgan fingerprint density at radius 2 is 1.71 bits per heavy atom. The van der Waals surface area contributed by atoms with E-state index in [2.05, 4.69) is 25.0 Å². The molecule has 0 amide bonds. The van der Waals surface area contributed by atoms with Crippen LogP contribution in [-0.2, 0) is 11.2 Å². The van der Waals surface area contributed by atoms with Gasteiger partial charge in [0.05, 0.1) is 16.8 Å². The third-order valence-electron chi connectivity index (χ3n) is 6.94. The quantitative estimate of drug-likeness (QED) is 0.189. The van der Waals surface area contributed by atoms with Gasteiger partial charge in [-0.05, 0) is 49.4 Å². The van der Waals surface area contributed by atoms with E-state index in [1.54, 1.807) is 49.4 Å². The smallest absolute Gasteiger partial charge is 0.573 e. The highest BCUT2D eigenvalue weighted by molar-refractivity contribution is 7.91. The molecule has 14 heteroatoms. The van der Waals surface area contributed by atoms with Gasteiger partial charge in [0.2, 0.25) is 0 Å². The number of aromatic nitrogens is 4. The molecular weight excluding hydrogens is 631 g/mol. The number of pyridine rings is 2. The Balaban J connectivity index is 1.51. The van der Waals surface area contributed by atoms with Crippen molar-refractivity contribution < 1.29 is 22.5 Å². The van der Waals surface area contributed by atoms with Crippen LogP contribution < -0.4 is 21.0 Å². The normalized spacial score (nSPS) is 13.1. The first-order valence-corrected chi connectivity index (χ1v) is 14.9. The van der Waals surface area contributed by atoms with Crippen molar-refractivity contribution in [2.45, 2.75) is 29.1 Å². The third kappa shape index (κ3) is 5.84. The predicted molar refractivity (Wildman–Crippen MR) is 165 cm³/mol. The van der Waals surface area contributed by atoms with Crippen LogP contribution in [-0.4, -0.2) is 30.4 Å². The lowest BCUT2D eigenvalue weighted by Gasteiger charge is -2.24. The number of anilines is 1. The minimum absolute atomic E-state index is 0.0696. The van der Waals surface area contributed by atoms with Crippen LogP contribution in [0.2, 0.25) is 5.02 Å². The van der Waals surface area contributed by atoms with Crippen molar-refractivity contribution in [1.82, 2.24) is 19.5 Å². The summed E-state index contributed by atoms with van der Waals surface area (Å²) in [5.74, 6) is -0.245. The molecule has 9 nitrogen and oxygen atoms in total. The molecule has 0 unspecified atom stereocenters. The number of hydrogen-bond acceptors (Lipinski definition) is 7. The Morgan fingerprint density at radius 1 is 0.978 bits per heavy atom. The monoisotopic (exact) mass is 651 g/mol. The number of hydrogen-bond donors (Lipinski definition) is 2. The van der Waals surface area contributed by atoms with E-state index in [0.717, 1.165) is 12.1 Å². The lowest BCUT2D eigenvalue weighted by Crippen LogP contribution is -2.27. The number of rotatable bonds is 7. The Bertz CT molecular complexity index is 2150. The number of aromatic amines is 1. The van der Waals surface area contributed by atoms with Crippen LogP contribution in [0.15, 0.2) is 111 Å². The molecule has 3 aromatic heterocycles. The standard InChI is InChI=1S/C31H21ClF3N5O4S/c1-17(39-29-25-22(41)14-15-36-28(25)37-16-38-29)27-26(32)21-8-5-9-23(24(21)30(42)40(27)18-6-3-2-4-7-18)45(43)20-12-10-19(11-13-20)44-31(33,34)35/h2-17H,1H3,(H2,36,37,38,39,41)/t17-,45+/m0/s1. The molecule has 2 atom stereocenters. The molecule has 228 valence electrons. The van der Waals surface area contributed by atoms with Crippen molar-refractivity contribution in [2.24, 2.45) is 0 Å². The highest BCUT2D eigenvalue weighted by Gasteiger charge is 2.32. The van der Waals surface area contributed by atoms with Crippen LogP contribution in [0.4, 0.5) is 19.0 Å². The van der Waals surface area contributed by atoms with Gasteiger partial charge in [0.15, 0.2) is 15.2 Å². The summed E-state index contributed by atoms with van der Waals surface area (Å²) in [6, 6.07) is 18.6. The molecule has 2 N–H and O–H groups in total. The number of benzene rings is 3. The summed E-state index contributed by atoms with van der Waals surface area (Å²) in [5, 5.41) is 3.98. The molecule has 3 aromatic carbocycles. The average Bonchev–Trinajstić information content (AvgIpc) is 3.02. The molecule has 0 saturated carbocycles. The SMILES string of the molecule is C[C@H](Nc1ncnc2[nH]ccc(=O)c12)c1c(Cl)c2cccc([S@+]([O-])c3ccc(OC(F)(F)F)cc3)c2c(=O)n1-c1ccccc1. The third-order valence-corrected chi connectivity index (χ3v) is 8.78. The summed E-state index contributed by atoms with van der Waals surface area (Å²) in [7, 11) is 0. The van der Waals surface area contributed by atoms with Crippen LogP contribution in [0.25, 0.3) is 27.5 Å². The topological polar surface area (TPSA) is 125 Å². The van der Waals surface area contributed by atoms with Gasteiger partial charge < -0.3 is 19.6 Å². The molecule has 6 aromatic rings. The van der Waals surface area contributed by atoms with E-state index < -0.39 is 34.9 Å². The molecule has 0 saturated heterocycles. The average molecular weight is 652 g/mol. The Morgan fingerprint density at radius 3 is 2.42 bits per heavy atom. The minimum Gasteiger partial charge on any atom is -0.606 e. The van der Waals surface area contributed by atoms with Gasteiger partial charge in [0.25, 0.3) is 5.56 Å². The lowest BCUT2D eigenvalue weighted by atomic mass is 10.1. The number of halogens is 4. The summed E-state index contributed by atoms with van der Waals surface area (Å²) < 4.78 is 57.0. The predicted octanol–water partition coefficient (Wildman–Crippen LogP) is 6.51. The molecule has 6 rings (SSSR count). The zero-order valence-corrected chi connectivity index (χ0v) is 24.7. The van der Waals surface area contributed by atoms with Crippen molar-refractivity contribution in [3.05, 3.63) is 123 Å². The fourth-order valence-corrected chi connectivity index (χ4v) is 6.67. The van der Waals surface area contributed by atoms with Gasteiger partial charge in [-0.2, -0.15) is 0 Å². The van der Waals surface area contributed by atoms with Crippen LogP contribution >= 0.6 is 11.6 Å². The van der Waals surface area contributed by atoms with Crippen LogP contribution in [0.3, 0.4) is 0 Å². The van der Waals surface area contributed by atoms with Gasteiger partial charge in [-0.25, -0.2) is 9.97 Å². The van der Waals surface area contributed by atoms with E-state index >= 15 is 0 Å². The maximum atomic E-state index is 14.4. The fourth-order valence-electron chi connectivity index (χ4n) is 5.05. The molecule has 0 aliphatic carbocycles. The van der Waals surface area contributed by atoms with Crippen LogP contribution in [0.1, 0.15) is 18.7 Å². The van der Waals surface area contributed by atoms with Gasteiger partial charge in [0, 0.05) is 34.5 Å². The lowest BCUT2D eigenvalue weighted by molar-refractivity contribution is -0.274. The van der Waals surface area contributed by atoms with E-state index in [-0.39, 0.29) is 36.8 Å². The largest absolute Gasteiger partial charge is 0.606 e. The summed E-state index contributed by atoms with van der Waals surface area (Å²) >= 11 is 5.08. The van der Waals surface area contributed by atoms with Crippen LogP contribution in [0, 0.1) is 0 Å². The number of alkyl halides is 3. The zero-order valence-electron chi connectivity index (χ0n) is 23.1. The van der Waals surface area contributed by atoms with E-state index in [0.29, 0.717) is 22.4 Å². The van der Waals surface area contributed by atoms with Crippen molar-refractivity contribution in [1.29, 1.82) is 0 Å². The van der Waals surface area contributed by atoms with E-state index in [4.69, 9.17) is 11.6 Å².